The zero-order chi connectivity index (χ0) is 21.9. The minimum Gasteiger partial charge on any atom is -0.339 e. The maximum atomic E-state index is 13.0. The van der Waals surface area contributed by atoms with Gasteiger partial charge < -0.3 is 14.7 Å². The predicted molar refractivity (Wildman–Crippen MR) is 111 cm³/mol. The summed E-state index contributed by atoms with van der Waals surface area (Å²) < 4.78 is 28.9. The molecule has 10 nitrogen and oxygen atoms in total. The highest BCUT2D eigenvalue weighted by Crippen LogP contribution is 2.25. The first-order valence-electron chi connectivity index (χ1n) is 10.8. The molecule has 0 radical (unpaired) electrons. The van der Waals surface area contributed by atoms with Crippen LogP contribution in [0.25, 0.3) is 0 Å². The summed E-state index contributed by atoms with van der Waals surface area (Å²) in [5.74, 6) is -1.47. The zero-order valence-electron chi connectivity index (χ0n) is 18.0. The van der Waals surface area contributed by atoms with E-state index in [-0.39, 0.29) is 44.7 Å². The molecule has 30 heavy (non-hydrogen) atoms. The number of hydrogen-bond donors (Lipinski definition) is 0. The molecule has 0 bridgehead atoms. The van der Waals surface area contributed by atoms with Crippen molar-refractivity contribution in [1.29, 1.82) is 0 Å². The van der Waals surface area contributed by atoms with E-state index < -0.39 is 22.0 Å². The third-order valence-electron chi connectivity index (χ3n) is 6.48. The van der Waals surface area contributed by atoms with Crippen LogP contribution in [0.4, 0.5) is 0 Å². The number of likely N-dealkylation sites (N-methyl/N-ethyl adjacent to an activating group) is 1. The van der Waals surface area contributed by atoms with Crippen LogP contribution < -0.4 is 0 Å². The molecule has 3 aliphatic rings. The molecule has 1 saturated carbocycles. The molecule has 0 N–H and O–H groups in total. The highest BCUT2D eigenvalue weighted by atomic mass is 32.2. The molecule has 2 heterocycles. The number of rotatable bonds is 6. The molecule has 3 rings (SSSR count). The van der Waals surface area contributed by atoms with Crippen LogP contribution in [0.3, 0.4) is 0 Å². The average molecular weight is 444 g/mol. The third-order valence-corrected chi connectivity index (χ3v) is 8.52. The van der Waals surface area contributed by atoms with Gasteiger partial charge in [0.05, 0.1) is 0 Å². The van der Waals surface area contributed by atoms with E-state index in [2.05, 4.69) is 0 Å². The summed E-state index contributed by atoms with van der Waals surface area (Å²) in [6.07, 6.45) is 5.06. The fraction of sp³-hybridized carbons (Fsp3) is 0.842. The molecule has 3 amide bonds. The van der Waals surface area contributed by atoms with Crippen molar-refractivity contribution in [3.05, 3.63) is 0 Å². The van der Waals surface area contributed by atoms with Gasteiger partial charge in [0.25, 0.3) is 10.2 Å². The summed E-state index contributed by atoms with van der Waals surface area (Å²) in [5.41, 5.74) is 0. The maximum Gasteiger partial charge on any atom is 0.312 e. The lowest BCUT2D eigenvalue weighted by Gasteiger charge is -2.39. The molecule has 2 aliphatic heterocycles. The average Bonchev–Trinajstić information content (AvgIpc) is 2.77. The highest BCUT2D eigenvalue weighted by molar-refractivity contribution is 7.86. The quantitative estimate of drug-likeness (QED) is 0.507. The number of piperazine rings is 2. The standard InChI is InChI=1S/C19H33N5O5S/c1-3-21-9-10-23(19(27)18(21)26)15-17(25)22-11-13-24(14-12-22)30(28,29)20(2)16-7-5-4-6-8-16/h16H,3-15H2,1-2H3. The lowest BCUT2D eigenvalue weighted by atomic mass is 9.96. The Bertz CT molecular complexity index is 759. The minimum atomic E-state index is -3.55. The van der Waals surface area contributed by atoms with E-state index in [4.69, 9.17) is 0 Å². The predicted octanol–water partition coefficient (Wildman–Crippen LogP) is -0.669. The van der Waals surface area contributed by atoms with Gasteiger partial charge in [-0.1, -0.05) is 19.3 Å². The van der Waals surface area contributed by atoms with Gasteiger partial charge in [0.1, 0.15) is 6.54 Å². The SMILES string of the molecule is CCN1CCN(CC(=O)N2CCN(S(=O)(=O)N(C)C3CCCCC3)CC2)C(=O)C1=O. The molecule has 2 saturated heterocycles. The lowest BCUT2D eigenvalue weighted by Crippen LogP contribution is -2.59. The number of nitrogens with zero attached hydrogens (tertiary/aromatic N) is 5. The number of carbonyl (C=O) groups excluding carboxylic acids is 3. The van der Waals surface area contributed by atoms with E-state index in [0.717, 1.165) is 32.1 Å². The van der Waals surface area contributed by atoms with Gasteiger partial charge in [0.2, 0.25) is 5.91 Å². The summed E-state index contributed by atoms with van der Waals surface area (Å²) in [5, 5.41) is 0. The van der Waals surface area contributed by atoms with E-state index in [0.29, 0.717) is 19.6 Å². The van der Waals surface area contributed by atoms with Crippen molar-refractivity contribution in [2.75, 3.05) is 59.4 Å². The Morgan fingerprint density at radius 3 is 2.10 bits per heavy atom. The van der Waals surface area contributed by atoms with Gasteiger partial charge in [-0.2, -0.15) is 17.0 Å². The summed E-state index contributed by atoms with van der Waals surface area (Å²) in [7, 11) is -1.89. The Kier molecular flexibility index (Phi) is 7.35. The van der Waals surface area contributed by atoms with Gasteiger partial charge in [-0.3, -0.25) is 14.4 Å². The molecule has 0 aromatic carbocycles. The van der Waals surface area contributed by atoms with Crippen LogP contribution in [-0.2, 0) is 24.6 Å². The van der Waals surface area contributed by atoms with Crippen LogP contribution in [0.15, 0.2) is 0 Å². The van der Waals surface area contributed by atoms with Gasteiger partial charge in [-0.05, 0) is 19.8 Å². The minimum absolute atomic E-state index is 0.0498. The van der Waals surface area contributed by atoms with Gasteiger partial charge in [0, 0.05) is 58.9 Å². The largest absolute Gasteiger partial charge is 0.339 e. The molecule has 1 aliphatic carbocycles. The Morgan fingerprint density at radius 1 is 0.933 bits per heavy atom. The Hall–Kier alpha value is -1.72. The van der Waals surface area contributed by atoms with Crippen LogP contribution in [0.5, 0.6) is 0 Å². The second kappa shape index (κ2) is 9.61. The van der Waals surface area contributed by atoms with Crippen molar-refractivity contribution in [2.45, 2.75) is 45.1 Å². The number of amides is 3. The number of carbonyl (C=O) groups is 3. The van der Waals surface area contributed by atoms with Crippen molar-refractivity contribution >= 4 is 27.9 Å². The van der Waals surface area contributed by atoms with E-state index in [1.807, 2.05) is 6.92 Å². The van der Waals surface area contributed by atoms with Crippen molar-refractivity contribution in [3.63, 3.8) is 0 Å². The maximum absolute atomic E-state index is 13.0. The topological polar surface area (TPSA) is 102 Å². The first-order valence-corrected chi connectivity index (χ1v) is 12.2. The Morgan fingerprint density at radius 2 is 1.50 bits per heavy atom. The normalized spacial score (nSPS) is 22.8. The van der Waals surface area contributed by atoms with E-state index in [1.54, 1.807) is 11.9 Å². The van der Waals surface area contributed by atoms with Crippen LogP contribution in [0.2, 0.25) is 0 Å². The van der Waals surface area contributed by atoms with Gasteiger partial charge in [-0.25, -0.2) is 0 Å². The monoisotopic (exact) mass is 443 g/mol. The van der Waals surface area contributed by atoms with E-state index in [9.17, 15) is 22.8 Å². The van der Waals surface area contributed by atoms with Crippen molar-refractivity contribution < 1.29 is 22.8 Å². The fourth-order valence-electron chi connectivity index (χ4n) is 4.41. The molecule has 0 aromatic heterocycles. The van der Waals surface area contributed by atoms with Gasteiger partial charge >= 0.3 is 11.8 Å². The molecule has 0 spiro atoms. The number of hydrogen-bond acceptors (Lipinski definition) is 5. The highest BCUT2D eigenvalue weighted by Gasteiger charge is 2.37. The molecule has 0 unspecified atom stereocenters. The molecular weight excluding hydrogens is 410 g/mol. The van der Waals surface area contributed by atoms with E-state index in [1.165, 1.54) is 18.4 Å². The molecule has 3 fully saturated rings. The third kappa shape index (κ3) is 4.78. The lowest BCUT2D eigenvalue weighted by molar-refractivity contribution is -0.157. The summed E-state index contributed by atoms with van der Waals surface area (Å²) in [6.45, 7) is 3.95. The summed E-state index contributed by atoms with van der Waals surface area (Å²) in [6, 6.07) is 0.0498. The molecule has 170 valence electrons. The first-order chi connectivity index (χ1) is 14.3. The molecule has 0 aromatic rings. The second-order valence-corrected chi connectivity index (χ2v) is 10.2. The van der Waals surface area contributed by atoms with Crippen LogP contribution >= 0.6 is 0 Å². The van der Waals surface area contributed by atoms with E-state index >= 15 is 0 Å². The van der Waals surface area contributed by atoms with Crippen LogP contribution in [0.1, 0.15) is 39.0 Å². The zero-order valence-corrected chi connectivity index (χ0v) is 18.8. The second-order valence-electron chi connectivity index (χ2n) is 8.21. The van der Waals surface area contributed by atoms with Crippen molar-refractivity contribution in [1.82, 2.24) is 23.3 Å². The molecule has 11 heteroatoms. The smallest absolute Gasteiger partial charge is 0.312 e. The van der Waals surface area contributed by atoms with Gasteiger partial charge in [-0.15, -0.1) is 0 Å². The fourth-order valence-corrected chi connectivity index (χ4v) is 5.99. The van der Waals surface area contributed by atoms with Crippen LogP contribution in [-0.4, -0.2) is 115 Å². The summed E-state index contributed by atoms with van der Waals surface area (Å²) in [4.78, 5) is 41.2. The van der Waals surface area contributed by atoms with Crippen LogP contribution in [0, 0.1) is 0 Å². The Balaban J connectivity index is 1.51. The van der Waals surface area contributed by atoms with Crippen molar-refractivity contribution in [2.24, 2.45) is 0 Å². The Labute approximate surface area is 178 Å². The van der Waals surface area contributed by atoms with Gasteiger partial charge in [0.15, 0.2) is 0 Å². The summed E-state index contributed by atoms with van der Waals surface area (Å²) >= 11 is 0. The molecule has 0 atom stereocenters. The first kappa shape index (κ1) is 23.0. The molecular formula is C19H33N5O5S. The van der Waals surface area contributed by atoms with Crippen molar-refractivity contribution in [3.8, 4) is 0 Å².